The van der Waals surface area contributed by atoms with E-state index in [1.165, 1.54) is 0 Å². The van der Waals surface area contributed by atoms with E-state index >= 15 is 0 Å². The molecule has 3 aromatic rings. The maximum Gasteiger partial charge on any atom is 0.207 e. The Morgan fingerprint density at radius 1 is 1.12 bits per heavy atom. The fourth-order valence-electron chi connectivity index (χ4n) is 1.44. The van der Waals surface area contributed by atoms with E-state index in [4.69, 9.17) is 0 Å². The fourth-order valence-corrected chi connectivity index (χ4v) is 1.44. The zero-order valence-corrected chi connectivity index (χ0v) is 8.28. The molecule has 0 spiro atoms. The number of para-hydroxylation sites is 1. The van der Waals surface area contributed by atoms with Gasteiger partial charge in [0, 0.05) is 6.20 Å². The Hall–Kier alpha value is -2.50. The monoisotopic (exact) mass is 212 g/mol. The van der Waals surface area contributed by atoms with Crippen LogP contribution in [-0.4, -0.2) is 30.4 Å². The molecule has 0 saturated carbocycles. The van der Waals surface area contributed by atoms with E-state index in [1.54, 1.807) is 10.9 Å². The fraction of sp³-hybridized carbons (Fsp3) is 0. The van der Waals surface area contributed by atoms with Gasteiger partial charge in [-0.15, -0.1) is 10.2 Å². The number of hydrogen-bond acceptors (Lipinski definition) is 4. The molecule has 0 bridgehead atoms. The van der Waals surface area contributed by atoms with E-state index in [9.17, 15) is 0 Å². The number of aromatic amines is 1. The summed E-state index contributed by atoms with van der Waals surface area (Å²) < 4.78 is 1.77. The van der Waals surface area contributed by atoms with E-state index in [0.29, 0.717) is 5.82 Å². The number of tetrazole rings is 1. The highest BCUT2D eigenvalue weighted by molar-refractivity contribution is 5.51. The molecule has 0 saturated heterocycles. The van der Waals surface area contributed by atoms with Crippen molar-refractivity contribution in [2.45, 2.75) is 0 Å². The van der Waals surface area contributed by atoms with Gasteiger partial charge in [-0.3, -0.25) is 0 Å². The summed E-state index contributed by atoms with van der Waals surface area (Å²) in [5.74, 6) is 0.544. The van der Waals surface area contributed by atoms with Gasteiger partial charge < -0.3 is 0 Å². The maximum atomic E-state index is 4.24. The van der Waals surface area contributed by atoms with Crippen LogP contribution in [0, 0.1) is 0 Å². The van der Waals surface area contributed by atoms with Gasteiger partial charge in [0.05, 0.1) is 17.4 Å². The maximum absolute atomic E-state index is 4.24. The molecule has 16 heavy (non-hydrogen) atoms. The molecule has 0 aliphatic rings. The molecule has 0 radical (unpaired) electrons. The molecule has 1 aromatic carbocycles. The van der Waals surface area contributed by atoms with E-state index in [0.717, 1.165) is 11.3 Å². The Balaban J connectivity index is 2.00. The standard InChI is InChI=1S/C10H8N6/c1-2-4-9(5-3-1)16-7-8(6-11-16)10-12-14-15-13-10/h1-7H,(H,12,13,14,15). The number of benzene rings is 1. The van der Waals surface area contributed by atoms with Gasteiger partial charge >= 0.3 is 0 Å². The Kier molecular flexibility index (Phi) is 1.96. The molecule has 6 nitrogen and oxygen atoms in total. The van der Waals surface area contributed by atoms with Crippen LogP contribution in [0.5, 0.6) is 0 Å². The lowest BCUT2D eigenvalue weighted by Crippen LogP contribution is -1.92. The van der Waals surface area contributed by atoms with Crippen molar-refractivity contribution in [1.29, 1.82) is 0 Å². The number of H-pyrrole nitrogens is 1. The van der Waals surface area contributed by atoms with Crippen molar-refractivity contribution in [3.8, 4) is 17.1 Å². The Morgan fingerprint density at radius 2 is 2.00 bits per heavy atom. The summed E-state index contributed by atoms with van der Waals surface area (Å²) in [5, 5.41) is 17.9. The first-order valence-corrected chi connectivity index (χ1v) is 4.77. The summed E-state index contributed by atoms with van der Waals surface area (Å²) in [5.41, 5.74) is 1.83. The highest BCUT2D eigenvalue weighted by atomic mass is 15.5. The Bertz CT molecular complexity index is 568. The largest absolute Gasteiger partial charge is 0.240 e. The molecule has 0 amide bonds. The summed E-state index contributed by atoms with van der Waals surface area (Å²) in [7, 11) is 0. The third kappa shape index (κ3) is 1.46. The first-order valence-electron chi connectivity index (χ1n) is 4.77. The van der Waals surface area contributed by atoms with Crippen molar-refractivity contribution in [3.05, 3.63) is 42.7 Å². The van der Waals surface area contributed by atoms with Crippen LogP contribution in [0.25, 0.3) is 17.1 Å². The molecule has 2 heterocycles. The van der Waals surface area contributed by atoms with Crippen LogP contribution >= 0.6 is 0 Å². The first kappa shape index (κ1) is 8.78. The van der Waals surface area contributed by atoms with Gasteiger partial charge in [0.25, 0.3) is 0 Å². The predicted molar refractivity (Wildman–Crippen MR) is 56.7 cm³/mol. The van der Waals surface area contributed by atoms with E-state index in [1.807, 2.05) is 36.5 Å². The average Bonchev–Trinajstić information content (AvgIpc) is 3.01. The molecule has 6 heteroatoms. The quantitative estimate of drug-likeness (QED) is 0.689. The van der Waals surface area contributed by atoms with Crippen LogP contribution < -0.4 is 0 Å². The molecule has 3 rings (SSSR count). The van der Waals surface area contributed by atoms with Gasteiger partial charge in [-0.2, -0.15) is 10.3 Å². The van der Waals surface area contributed by atoms with Crippen molar-refractivity contribution in [3.63, 3.8) is 0 Å². The minimum Gasteiger partial charge on any atom is -0.240 e. The molecular formula is C10H8N6. The van der Waals surface area contributed by atoms with Crippen LogP contribution in [-0.2, 0) is 0 Å². The second-order valence-corrected chi connectivity index (χ2v) is 3.24. The number of nitrogens with one attached hydrogen (secondary N) is 1. The van der Waals surface area contributed by atoms with Crippen molar-refractivity contribution < 1.29 is 0 Å². The van der Waals surface area contributed by atoms with Crippen molar-refractivity contribution in [1.82, 2.24) is 30.4 Å². The Labute approximate surface area is 90.9 Å². The van der Waals surface area contributed by atoms with Crippen molar-refractivity contribution in [2.24, 2.45) is 0 Å². The van der Waals surface area contributed by atoms with Gasteiger partial charge in [-0.05, 0) is 17.3 Å². The molecule has 0 fully saturated rings. The molecule has 0 atom stereocenters. The summed E-state index contributed by atoms with van der Waals surface area (Å²) >= 11 is 0. The lowest BCUT2D eigenvalue weighted by Gasteiger charge is -1.98. The van der Waals surface area contributed by atoms with Crippen LogP contribution in [0.2, 0.25) is 0 Å². The van der Waals surface area contributed by atoms with Crippen LogP contribution in [0.4, 0.5) is 0 Å². The normalized spacial score (nSPS) is 10.5. The van der Waals surface area contributed by atoms with Gasteiger partial charge in [-0.1, -0.05) is 18.2 Å². The van der Waals surface area contributed by atoms with Crippen LogP contribution in [0.3, 0.4) is 0 Å². The average molecular weight is 212 g/mol. The van der Waals surface area contributed by atoms with E-state index < -0.39 is 0 Å². The molecule has 2 aromatic heterocycles. The van der Waals surface area contributed by atoms with Gasteiger partial charge in [0.1, 0.15) is 0 Å². The zero-order valence-electron chi connectivity index (χ0n) is 8.28. The third-order valence-corrected chi connectivity index (χ3v) is 2.21. The van der Waals surface area contributed by atoms with Crippen molar-refractivity contribution >= 4 is 0 Å². The minimum atomic E-state index is 0.544. The smallest absolute Gasteiger partial charge is 0.207 e. The molecule has 78 valence electrons. The predicted octanol–water partition coefficient (Wildman–Crippen LogP) is 1.05. The molecule has 0 aliphatic heterocycles. The van der Waals surface area contributed by atoms with Gasteiger partial charge in [-0.25, -0.2) is 4.68 Å². The SMILES string of the molecule is c1ccc(-n2cc(-c3nn[nH]n3)cn2)cc1. The van der Waals surface area contributed by atoms with Gasteiger partial charge in [0.2, 0.25) is 5.82 Å². The van der Waals surface area contributed by atoms with Crippen LogP contribution in [0.15, 0.2) is 42.7 Å². The van der Waals surface area contributed by atoms with E-state index in [-0.39, 0.29) is 0 Å². The molecular weight excluding hydrogens is 204 g/mol. The lowest BCUT2D eigenvalue weighted by molar-refractivity contribution is 0.880. The van der Waals surface area contributed by atoms with Gasteiger partial charge in [0.15, 0.2) is 0 Å². The first-order chi connectivity index (χ1) is 7.93. The second-order valence-electron chi connectivity index (χ2n) is 3.24. The number of rotatable bonds is 2. The molecule has 0 aliphatic carbocycles. The highest BCUT2D eigenvalue weighted by Gasteiger charge is 2.06. The van der Waals surface area contributed by atoms with Crippen molar-refractivity contribution in [2.75, 3.05) is 0 Å². The lowest BCUT2D eigenvalue weighted by atomic mass is 10.3. The zero-order chi connectivity index (χ0) is 10.8. The van der Waals surface area contributed by atoms with Crippen LogP contribution in [0.1, 0.15) is 0 Å². The van der Waals surface area contributed by atoms with E-state index in [2.05, 4.69) is 25.7 Å². The third-order valence-electron chi connectivity index (χ3n) is 2.21. The Morgan fingerprint density at radius 3 is 2.75 bits per heavy atom. The summed E-state index contributed by atoms with van der Waals surface area (Å²) in [6, 6.07) is 9.85. The highest BCUT2D eigenvalue weighted by Crippen LogP contribution is 2.14. The number of nitrogens with zero attached hydrogens (tertiary/aromatic N) is 5. The molecule has 0 unspecified atom stereocenters. The molecule has 1 N–H and O–H groups in total. The topological polar surface area (TPSA) is 72.3 Å². The number of hydrogen-bond donors (Lipinski definition) is 1. The minimum absolute atomic E-state index is 0.544. The summed E-state index contributed by atoms with van der Waals surface area (Å²) in [6.45, 7) is 0. The second kappa shape index (κ2) is 3.58. The summed E-state index contributed by atoms with van der Waals surface area (Å²) in [4.78, 5) is 0. The summed E-state index contributed by atoms with van der Waals surface area (Å²) in [6.07, 6.45) is 3.57. The number of aromatic nitrogens is 6.